The summed E-state index contributed by atoms with van der Waals surface area (Å²) in [7, 11) is 3.48. The lowest BCUT2D eigenvalue weighted by Gasteiger charge is -2.25. The Kier molecular flexibility index (Phi) is 5.56. The monoisotopic (exact) mass is 346 g/mol. The molecule has 2 N–H and O–H groups in total. The van der Waals surface area contributed by atoms with Gasteiger partial charge in [-0.3, -0.25) is 4.79 Å². The van der Waals surface area contributed by atoms with E-state index >= 15 is 0 Å². The predicted molar refractivity (Wildman–Crippen MR) is 96.6 cm³/mol. The molecule has 0 spiro atoms. The van der Waals surface area contributed by atoms with Gasteiger partial charge in [0.05, 0.1) is 13.1 Å². The minimum absolute atomic E-state index is 0.00391. The number of guanidine groups is 1. The van der Waals surface area contributed by atoms with E-state index in [1.807, 2.05) is 0 Å². The summed E-state index contributed by atoms with van der Waals surface area (Å²) in [4.78, 5) is 18.0. The van der Waals surface area contributed by atoms with Gasteiger partial charge in [-0.1, -0.05) is 18.6 Å². The molecule has 0 heterocycles. The molecule has 2 saturated carbocycles. The van der Waals surface area contributed by atoms with Crippen LogP contribution in [0.15, 0.2) is 29.3 Å². The molecule has 2 fully saturated rings. The third kappa shape index (κ3) is 4.71. The minimum Gasteiger partial charge on any atom is -0.353 e. The first-order chi connectivity index (χ1) is 12.0. The molecular formula is C19H27FN4O. The first-order valence-electron chi connectivity index (χ1n) is 9.00. The van der Waals surface area contributed by atoms with Gasteiger partial charge in [-0.2, -0.15) is 0 Å². The van der Waals surface area contributed by atoms with Gasteiger partial charge in [-0.15, -0.1) is 0 Å². The average Bonchev–Trinajstić information content (AvgIpc) is 3.21. The molecule has 6 heteroatoms. The second kappa shape index (κ2) is 7.85. The van der Waals surface area contributed by atoms with Crippen molar-refractivity contribution in [1.82, 2.24) is 15.5 Å². The van der Waals surface area contributed by atoms with Crippen LogP contribution < -0.4 is 10.6 Å². The number of carbonyl (C=O) groups excluding carboxylic acids is 1. The molecular weight excluding hydrogens is 319 g/mol. The van der Waals surface area contributed by atoms with Crippen molar-refractivity contribution in [2.24, 2.45) is 16.8 Å². The summed E-state index contributed by atoms with van der Waals surface area (Å²) >= 11 is 0. The van der Waals surface area contributed by atoms with Gasteiger partial charge in [-0.25, -0.2) is 9.38 Å². The molecule has 5 nitrogen and oxygen atoms in total. The van der Waals surface area contributed by atoms with Gasteiger partial charge in [0.15, 0.2) is 5.96 Å². The Hall–Kier alpha value is -2.11. The van der Waals surface area contributed by atoms with Gasteiger partial charge in [-0.05, 0) is 48.8 Å². The molecule has 3 rings (SSSR count). The first kappa shape index (κ1) is 17.7. The number of fused-ring (bicyclic) bond motifs is 2. The Morgan fingerprint density at radius 3 is 2.60 bits per heavy atom. The van der Waals surface area contributed by atoms with E-state index in [4.69, 9.17) is 0 Å². The van der Waals surface area contributed by atoms with Crippen LogP contribution in [-0.4, -0.2) is 43.4 Å². The van der Waals surface area contributed by atoms with E-state index < -0.39 is 0 Å². The molecule has 0 saturated heterocycles. The van der Waals surface area contributed by atoms with Gasteiger partial charge in [0.2, 0.25) is 5.91 Å². The first-order valence-corrected chi connectivity index (χ1v) is 9.00. The number of rotatable bonds is 5. The topological polar surface area (TPSA) is 56.7 Å². The van der Waals surface area contributed by atoms with Crippen molar-refractivity contribution in [1.29, 1.82) is 0 Å². The zero-order valence-corrected chi connectivity index (χ0v) is 15.0. The molecule has 0 radical (unpaired) electrons. The Balaban J connectivity index is 1.63. The third-order valence-corrected chi connectivity index (χ3v) is 5.30. The summed E-state index contributed by atoms with van der Waals surface area (Å²) in [5.41, 5.74) is 0.939. The zero-order chi connectivity index (χ0) is 17.8. The van der Waals surface area contributed by atoms with Crippen LogP contribution in [0.5, 0.6) is 0 Å². The second-order valence-electron chi connectivity index (χ2n) is 7.36. The van der Waals surface area contributed by atoms with Crippen LogP contribution in [0.1, 0.15) is 31.2 Å². The summed E-state index contributed by atoms with van der Waals surface area (Å²) in [5.74, 6) is 1.97. The fourth-order valence-electron chi connectivity index (χ4n) is 3.83. The second-order valence-corrected chi connectivity index (χ2v) is 7.36. The normalized spacial score (nSPS) is 25.1. The van der Waals surface area contributed by atoms with Crippen LogP contribution in [0.4, 0.5) is 4.39 Å². The molecule has 0 aliphatic heterocycles. The third-order valence-electron chi connectivity index (χ3n) is 5.30. The lowest BCUT2D eigenvalue weighted by Crippen LogP contribution is -2.48. The quantitative estimate of drug-likeness (QED) is 0.634. The van der Waals surface area contributed by atoms with Crippen molar-refractivity contribution >= 4 is 11.9 Å². The molecule has 1 aromatic rings. The van der Waals surface area contributed by atoms with Crippen LogP contribution in [0.3, 0.4) is 0 Å². The highest BCUT2D eigenvalue weighted by Gasteiger charge is 2.39. The van der Waals surface area contributed by atoms with Crippen LogP contribution in [0, 0.1) is 17.7 Å². The Bertz CT molecular complexity index is 629. The molecule has 0 aromatic heterocycles. The highest BCUT2D eigenvalue weighted by Crippen LogP contribution is 2.44. The highest BCUT2D eigenvalue weighted by molar-refractivity contribution is 5.86. The number of hydrogen-bond donors (Lipinski definition) is 2. The van der Waals surface area contributed by atoms with Gasteiger partial charge < -0.3 is 15.5 Å². The van der Waals surface area contributed by atoms with Crippen LogP contribution in [-0.2, 0) is 11.3 Å². The smallest absolute Gasteiger partial charge is 0.241 e. The number of aliphatic imine (C=N–C) groups is 1. The fourth-order valence-corrected chi connectivity index (χ4v) is 3.83. The van der Waals surface area contributed by atoms with E-state index in [1.165, 1.54) is 37.8 Å². The summed E-state index contributed by atoms with van der Waals surface area (Å²) < 4.78 is 13.0. The lowest BCUT2D eigenvalue weighted by atomic mass is 9.95. The summed E-state index contributed by atoms with van der Waals surface area (Å²) in [6, 6.07) is 6.79. The van der Waals surface area contributed by atoms with Crippen LogP contribution >= 0.6 is 0 Å². The largest absolute Gasteiger partial charge is 0.353 e. The van der Waals surface area contributed by atoms with Gasteiger partial charge >= 0.3 is 0 Å². The maximum atomic E-state index is 13.0. The van der Waals surface area contributed by atoms with E-state index in [-0.39, 0.29) is 18.3 Å². The molecule has 3 atom stereocenters. The SMILES string of the molecule is CN(C)C(=O)CNC(=NCc1ccc(F)cc1)NC1CC2CCC1C2. The summed E-state index contributed by atoms with van der Waals surface area (Å²) in [6.45, 7) is 0.662. The Morgan fingerprint density at radius 2 is 2.00 bits per heavy atom. The van der Waals surface area contributed by atoms with E-state index in [1.54, 1.807) is 31.1 Å². The Labute approximate surface area is 148 Å². The van der Waals surface area contributed by atoms with E-state index in [2.05, 4.69) is 15.6 Å². The number of halogens is 1. The number of likely N-dealkylation sites (N-methyl/N-ethyl adjacent to an activating group) is 1. The summed E-state index contributed by atoms with van der Waals surface area (Å²) in [6.07, 6.45) is 5.12. The zero-order valence-electron chi connectivity index (χ0n) is 15.0. The predicted octanol–water partition coefficient (Wildman–Crippen LogP) is 2.14. The van der Waals surface area contributed by atoms with Gasteiger partial charge in [0, 0.05) is 20.1 Å². The van der Waals surface area contributed by atoms with Crippen molar-refractivity contribution in [3.63, 3.8) is 0 Å². The van der Waals surface area contributed by atoms with Crippen molar-refractivity contribution in [2.45, 2.75) is 38.3 Å². The van der Waals surface area contributed by atoms with Gasteiger partial charge in [0.25, 0.3) is 0 Å². The number of benzene rings is 1. The van der Waals surface area contributed by atoms with Crippen LogP contribution in [0.2, 0.25) is 0 Å². The van der Waals surface area contributed by atoms with Crippen LogP contribution in [0.25, 0.3) is 0 Å². The number of amides is 1. The molecule has 25 heavy (non-hydrogen) atoms. The van der Waals surface area contributed by atoms with Crippen molar-refractivity contribution in [2.75, 3.05) is 20.6 Å². The van der Waals surface area contributed by atoms with E-state index in [0.717, 1.165) is 11.5 Å². The summed E-state index contributed by atoms with van der Waals surface area (Å²) in [5, 5.41) is 6.66. The number of nitrogens with zero attached hydrogens (tertiary/aromatic N) is 2. The van der Waals surface area contributed by atoms with E-state index in [9.17, 15) is 9.18 Å². The molecule has 1 aromatic carbocycles. The minimum atomic E-state index is -0.247. The maximum absolute atomic E-state index is 13.0. The molecule has 2 aliphatic rings. The molecule has 1 amide bonds. The number of nitrogens with one attached hydrogen (secondary N) is 2. The standard InChI is InChI=1S/C19H27FN4O/c1-24(2)18(25)12-22-19(21-11-13-4-7-16(20)8-5-13)23-17-10-14-3-6-15(17)9-14/h4-5,7-8,14-15,17H,3,6,9-12H2,1-2H3,(H2,21,22,23). The molecule has 2 aliphatic carbocycles. The number of carbonyl (C=O) groups is 1. The van der Waals surface area contributed by atoms with Crippen molar-refractivity contribution < 1.29 is 9.18 Å². The fraction of sp³-hybridized carbons (Fsp3) is 0.579. The Morgan fingerprint density at radius 1 is 1.24 bits per heavy atom. The van der Waals surface area contributed by atoms with Gasteiger partial charge in [0.1, 0.15) is 5.82 Å². The molecule has 3 unspecified atom stereocenters. The lowest BCUT2D eigenvalue weighted by molar-refractivity contribution is -0.127. The van der Waals surface area contributed by atoms with Crippen molar-refractivity contribution in [3.05, 3.63) is 35.6 Å². The highest BCUT2D eigenvalue weighted by atomic mass is 19.1. The van der Waals surface area contributed by atoms with Crippen molar-refractivity contribution in [3.8, 4) is 0 Å². The average molecular weight is 346 g/mol. The van der Waals surface area contributed by atoms with E-state index in [0.29, 0.717) is 24.5 Å². The number of hydrogen-bond acceptors (Lipinski definition) is 2. The molecule has 136 valence electrons. The maximum Gasteiger partial charge on any atom is 0.241 e. The molecule has 2 bridgehead atoms.